The second kappa shape index (κ2) is 6.88. The second-order valence-electron chi connectivity index (χ2n) is 5.40. The molecule has 2 rings (SSSR count). The standard InChI is InChI=1S/C16H23NO3/c1-20-15-7-5-14(6-8-15)4-2-10-17-11-3-9-16(19,12-17)13-18/h2,4-8,18-19H,3,9-13H2,1H3. The third kappa shape index (κ3) is 4.07. The third-order valence-corrected chi connectivity index (χ3v) is 3.72. The van der Waals surface area contributed by atoms with E-state index in [2.05, 4.69) is 17.1 Å². The van der Waals surface area contributed by atoms with Gasteiger partial charge in [-0.15, -0.1) is 0 Å². The fourth-order valence-electron chi connectivity index (χ4n) is 2.54. The van der Waals surface area contributed by atoms with E-state index in [-0.39, 0.29) is 6.61 Å². The van der Waals surface area contributed by atoms with Gasteiger partial charge in [0.2, 0.25) is 0 Å². The van der Waals surface area contributed by atoms with Gasteiger partial charge in [-0.25, -0.2) is 0 Å². The highest BCUT2D eigenvalue weighted by Crippen LogP contribution is 2.20. The molecule has 1 saturated heterocycles. The number of benzene rings is 1. The lowest BCUT2D eigenvalue weighted by atomic mass is 9.94. The lowest BCUT2D eigenvalue weighted by molar-refractivity contribution is -0.0643. The summed E-state index contributed by atoms with van der Waals surface area (Å²) in [5.74, 6) is 0.853. The van der Waals surface area contributed by atoms with Crippen molar-refractivity contribution >= 4 is 6.08 Å². The highest BCUT2D eigenvalue weighted by Gasteiger charge is 2.31. The minimum Gasteiger partial charge on any atom is -0.497 e. The van der Waals surface area contributed by atoms with E-state index in [4.69, 9.17) is 4.74 Å². The largest absolute Gasteiger partial charge is 0.497 e. The molecule has 110 valence electrons. The topological polar surface area (TPSA) is 52.9 Å². The summed E-state index contributed by atoms with van der Waals surface area (Å²) in [6, 6.07) is 7.89. The molecule has 0 amide bonds. The lowest BCUT2D eigenvalue weighted by Crippen LogP contribution is -2.50. The summed E-state index contributed by atoms with van der Waals surface area (Å²) in [4.78, 5) is 2.17. The van der Waals surface area contributed by atoms with Crippen LogP contribution in [0.1, 0.15) is 18.4 Å². The summed E-state index contributed by atoms with van der Waals surface area (Å²) in [6.07, 6.45) is 5.76. The van der Waals surface area contributed by atoms with Crippen LogP contribution in [0, 0.1) is 0 Å². The zero-order valence-corrected chi connectivity index (χ0v) is 12.0. The molecule has 20 heavy (non-hydrogen) atoms. The molecule has 0 aromatic heterocycles. The highest BCUT2D eigenvalue weighted by molar-refractivity contribution is 5.50. The Bertz CT molecular complexity index is 444. The molecule has 1 heterocycles. The Kier molecular flexibility index (Phi) is 5.17. The van der Waals surface area contributed by atoms with Crippen molar-refractivity contribution in [2.45, 2.75) is 18.4 Å². The van der Waals surface area contributed by atoms with Gasteiger partial charge in [0.1, 0.15) is 11.4 Å². The first kappa shape index (κ1) is 15.0. The van der Waals surface area contributed by atoms with Crippen molar-refractivity contribution in [3.05, 3.63) is 35.9 Å². The maximum Gasteiger partial charge on any atom is 0.118 e. The van der Waals surface area contributed by atoms with Crippen molar-refractivity contribution in [2.75, 3.05) is 33.4 Å². The van der Waals surface area contributed by atoms with Crippen LogP contribution in [-0.4, -0.2) is 54.1 Å². The van der Waals surface area contributed by atoms with Gasteiger partial charge in [0.15, 0.2) is 0 Å². The molecule has 1 aliphatic rings. The number of β-amino-alcohol motifs (C(OH)–C–C–N with tert-alkyl or cyclic N) is 1. The van der Waals surface area contributed by atoms with Crippen molar-refractivity contribution in [1.29, 1.82) is 0 Å². The molecule has 0 bridgehead atoms. The van der Waals surface area contributed by atoms with Crippen LogP contribution >= 0.6 is 0 Å². The average Bonchev–Trinajstić information content (AvgIpc) is 2.48. The molecule has 1 aromatic carbocycles. The van der Waals surface area contributed by atoms with E-state index in [0.29, 0.717) is 13.0 Å². The number of methoxy groups -OCH3 is 1. The van der Waals surface area contributed by atoms with Crippen LogP contribution in [0.25, 0.3) is 6.08 Å². The normalized spacial score (nSPS) is 24.1. The first-order chi connectivity index (χ1) is 9.65. The maximum absolute atomic E-state index is 10.1. The molecule has 1 unspecified atom stereocenters. The van der Waals surface area contributed by atoms with Gasteiger partial charge in [-0.05, 0) is 37.1 Å². The number of aliphatic hydroxyl groups is 2. The van der Waals surface area contributed by atoms with Gasteiger partial charge in [-0.1, -0.05) is 24.3 Å². The summed E-state index contributed by atoms with van der Waals surface area (Å²) in [5, 5.41) is 19.3. The Morgan fingerprint density at radius 2 is 2.10 bits per heavy atom. The van der Waals surface area contributed by atoms with Crippen molar-refractivity contribution in [3.8, 4) is 5.75 Å². The molecule has 0 radical (unpaired) electrons. The molecular weight excluding hydrogens is 254 g/mol. The van der Waals surface area contributed by atoms with E-state index in [1.807, 2.05) is 24.3 Å². The third-order valence-electron chi connectivity index (χ3n) is 3.72. The van der Waals surface area contributed by atoms with E-state index >= 15 is 0 Å². The molecule has 4 heteroatoms. The number of hydrogen-bond acceptors (Lipinski definition) is 4. The van der Waals surface area contributed by atoms with Crippen molar-refractivity contribution in [1.82, 2.24) is 4.90 Å². The number of ether oxygens (including phenoxy) is 1. The highest BCUT2D eigenvalue weighted by atomic mass is 16.5. The Morgan fingerprint density at radius 3 is 2.75 bits per heavy atom. The number of rotatable bonds is 5. The number of likely N-dealkylation sites (tertiary alicyclic amines) is 1. The molecule has 4 nitrogen and oxygen atoms in total. The van der Waals surface area contributed by atoms with E-state index in [0.717, 1.165) is 30.8 Å². The minimum absolute atomic E-state index is 0.161. The zero-order valence-electron chi connectivity index (χ0n) is 12.0. The molecule has 1 atom stereocenters. The first-order valence-corrected chi connectivity index (χ1v) is 7.01. The van der Waals surface area contributed by atoms with Crippen LogP contribution in [-0.2, 0) is 0 Å². The number of piperidine rings is 1. The van der Waals surface area contributed by atoms with Gasteiger partial charge < -0.3 is 14.9 Å². The van der Waals surface area contributed by atoms with Crippen LogP contribution in [0.5, 0.6) is 5.75 Å². The van der Waals surface area contributed by atoms with Crippen molar-refractivity contribution < 1.29 is 14.9 Å². The second-order valence-corrected chi connectivity index (χ2v) is 5.40. The Labute approximate surface area is 120 Å². The Morgan fingerprint density at radius 1 is 1.35 bits per heavy atom. The average molecular weight is 277 g/mol. The maximum atomic E-state index is 10.1. The van der Waals surface area contributed by atoms with Crippen LogP contribution in [0.2, 0.25) is 0 Å². The summed E-state index contributed by atoms with van der Waals surface area (Å²) < 4.78 is 5.12. The molecule has 0 aliphatic carbocycles. The smallest absolute Gasteiger partial charge is 0.118 e. The summed E-state index contributed by atoms with van der Waals surface area (Å²) >= 11 is 0. The van der Waals surface area contributed by atoms with Gasteiger partial charge in [0, 0.05) is 13.1 Å². The van der Waals surface area contributed by atoms with Crippen LogP contribution in [0.4, 0.5) is 0 Å². The van der Waals surface area contributed by atoms with Crippen molar-refractivity contribution in [2.24, 2.45) is 0 Å². The van der Waals surface area contributed by atoms with Gasteiger partial charge >= 0.3 is 0 Å². The summed E-state index contributed by atoms with van der Waals surface area (Å²) in [5.41, 5.74) is 0.201. The van der Waals surface area contributed by atoms with Crippen LogP contribution < -0.4 is 4.74 Å². The fraction of sp³-hybridized carbons (Fsp3) is 0.500. The molecule has 0 spiro atoms. The van der Waals surface area contributed by atoms with Crippen LogP contribution in [0.3, 0.4) is 0 Å². The zero-order chi connectivity index (χ0) is 14.4. The number of nitrogens with zero attached hydrogens (tertiary/aromatic N) is 1. The molecule has 1 aliphatic heterocycles. The fourth-order valence-corrected chi connectivity index (χ4v) is 2.54. The van der Waals surface area contributed by atoms with Gasteiger partial charge in [-0.3, -0.25) is 4.90 Å². The quantitative estimate of drug-likeness (QED) is 0.857. The predicted octanol–water partition coefficient (Wildman–Crippen LogP) is 1.53. The van der Waals surface area contributed by atoms with E-state index in [9.17, 15) is 10.2 Å². The van der Waals surface area contributed by atoms with Gasteiger partial charge in [0.25, 0.3) is 0 Å². The van der Waals surface area contributed by atoms with Gasteiger partial charge in [0.05, 0.1) is 13.7 Å². The lowest BCUT2D eigenvalue weighted by Gasteiger charge is -2.37. The van der Waals surface area contributed by atoms with E-state index < -0.39 is 5.60 Å². The van der Waals surface area contributed by atoms with Crippen LogP contribution in [0.15, 0.2) is 30.3 Å². The van der Waals surface area contributed by atoms with E-state index in [1.54, 1.807) is 7.11 Å². The molecule has 1 aromatic rings. The predicted molar refractivity (Wildman–Crippen MR) is 79.7 cm³/mol. The van der Waals surface area contributed by atoms with Gasteiger partial charge in [-0.2, -0.15) is 0 Å². The summed E-state index contributed by atoms with van der Waals surface area (Å²) in [7, 11) is 1.66. The molecular formula is C16H23NO3. The summed E-state index contributed by atoms with van der Waals surface area (Å²) in [6.45, 7) is 2.13. The molecule has 1 fully saturated rings. The van der Waals surface area contributed by atoms with E-state index in [1.165, 1.54) is 0 Å². The minimum atomic E-state index is -0.924. The molecule has 2 N–H and O–H groups in total. The van der Waals surface area contributed by atoms with Crippen molar-refractivity contribution in [3.63, 3.8) is 0 Å². The number of hydrogen-bond donors (Lipinski definition) is 2. The Balaban J connectivity index is 1.86. The Hall–Kier alpha value is -1.36. The SMILES string of the molecule is COc1ccc(C=CCN2CCCC(O)(CO)C2)cc1. The molecule has 0 saturated carbocycles. The monoisotopic (exact) mass is 277 g/mol. The number of aliphatic hydroxyl groups excluding tert-OH is 1. The first-order valence-electron chi connectivity index (χ1n) is 7.01.